The second-order valence-electron chi connectivity index (χ2n) is 4.06. The van der Waals surface area contributed by atoms with Gasteiger partial charge in [-0.1, -0.05) is 13.8 Å². The Balaban J connectivity index is 2.47. The van der Waals surface area contributed by atoms with Crippen LogP contribution in [0, 0.1) is 11.7 Å². The second kappa shape index (κ2) is 3.93. The first kappa shape index (κ1) is 10.6. The third-order valence-electron chi connectivity index (χ3n) is 2.17. The third-order valence-corrected chi connectivity index (χ3v) is 2.78. The van der Waals surface area contributed by atoms with Crippen LogP contribution in [0.15, 0.2) is 16.6 Å². The van der Waals surface area contributed by atoms with Gasteiger partial charge < -0.3 is 4.98 Å². The van der Waals surface area contributed by atoms with E-state index in [0.717, 1.165) is 23.3 Å². The normalized spacial score (nSPS) is 11.5. The molecule has 0 saturated carbocycles. The first-order chi connectivity index (χ1) is 7.06. The smallest absolute Gasteiger partial charge is 0.139 e. The van der Waals surface area contributed by atoms with Crippen molar-refractivity contribution in [1.82, 2.24) is 9.97 Å². The molecule has 0 unspecified atom stereocenters. The van der Waals surface area contributed by atoms with E-state index in [1.165, 1.54) is 6.07 Å². The van der Waals surface area contributed by atoms with Gasteiger partial charge in [0.15, 0.2) is 0 Å². The maximum atomic E-state index is 13.2. The molecule has 80 valence electrons. The summed E-state index contributed by atoms with van der Waals surface area (Å²) >= 11 is 3.15. The third kappa shape index (κ3) is 2.20. The van der Waals surface area contributed by atoms with Crippen molar-refractivity contribution in [3.63, 3.8) is 0 Å². The number of fused-ring (bicyclic) bond motifs is 1. The Morgan fingerprint density at radius 3 is 2.87 bits per heavy atom. The van der Waals surface area contributed by atoms with Gasteiger partial charge in [-0.3, -0.25) is 0 Å². The van der Waals surface area contributed by atoms with E-state index in [4.69, 9.17) is 0 Å². The molecule has 0 bridgehead atoms. The Bertz CT molecular complexity index is 452. The van der Waals surface area contributed by atoms with E-state index in [2.05, 4.69) is 39.7 Å². The van der Waals surface area contributed by atoms with Crippen molar-refractivity contribution >= 4 is 27.0 Å². The van der Waals surface area contributed by atoms with Crippen LogP contribution < -0.4 is 0 Å². The van der Waals surface area contributed by atoms with Crippen molar-refractivity contribution < 1.29 is 4.39 Å². The Kier molecular flexibility index (Phi) is 2.78. The highest BCUT2D eigenvalue weighted by molar-refractivity contribution is 9.10. The molecule has 0 saturated heterocycles. The van der Waals surface area contributed by atoms with Crippen molar-refractivity contribution in [2.75, 3.05) is 0 Å². The zero-order valence-corrected chi connectivity index (χ0v) is 10.2. The van der Waals surface area contributed by atoms with Gasteiger partial charge in [0.2, 0.25) is 0 Å². The lowest BCUT2D eigenvalue weighted by atomic mass is 10.1. The fourth-order valence-electron chi connectivity index (χ4n) is 1.54. The molecular weight excluding hydrogens is 259 g/mol. The van der Waals surface area contributed by atoms with Crippen LogP contribution in [0.25, 0.3) is 11.0 Å². The molecule has 1 N–H and O–H groups in total. The van der Waals surface area contributed by atoms with Crippen LogP contribution in [0.4, 0.5) is 4.39 Å². The number of aromatic amines is 1. The first-order valence-electron chi connectivity index (χ1n) is 4.90. The molecule has 0 radical (unpaired) electrons. The number of rotatable bonds is 2. The lowest BCUT2D eigenvalue weighted by Crippen LogP contribution is -1.95. The average Bonchev–Trinajstić information content (AvgIpc) is 2.46. The Labute approximate surface area is 96.0 Å². The van der Waals surface area contributed by atoms with E-state index in [9.17, 15) is 4.39 Å². The number of nitrogens with zero attached hydrogens (tertiary/aromatic N) is 1. The quantitative estimate of drug-likeness (QED) is 0.887. The van der Waals surface area contributed by atoms with Gasteiger partial charge in [0.05, 0.1) is 15.5 Å². The van der Waals surface area contributed by atoms with Crippen LogP contribution in [-0.2, 0) is 6.42 Å². The lowest BCUT2D eigenvalue weighted by Gasteiger charge is -1.98. The Morgan fingerprint density at radius 1 is 1.47 bits per heavy atom. The molecular formula is C11H12BrFN2. The van der Waals surface area contributed by atoms with Crippen LogP contribution in [0.5, 0.6) is 0 Å². The molecule has 1 aromatic carbocycles. The SMILES string of the molecule is CC(C)Cc1nc2cc(Br)c(F)cc2[nH]1. The average molecular weight is 271 g/mol. The molecule has 2 rings (SSSR count). The highest BCUT2D eigenvalue weighted by atomic mass is 79.9. The van der Waals surface area contributed by atoms with E-state index < -0.39 is 0 Å². The number of H-pyrrole nitrogens is 1. The van der Waals surface area contributed by atoms with Crippen molar-refractivity contribution in [2.24, 2.45) is 5.92 Å². The first-order valence-corrected chi connectivity index (χ1v) is 5.69. The maximum Gasteiger partial charge on any atom is 0.139 e. The number of hydrogen-bond donors (Lipinski definition) is 1. The van der Waals surface area contributed by atoms with E-state index in [-0.39, 0.29) is 5.82 Å². The molecule has 0 aliphatic carbocycles. The molecule has 1 heterocycles. The van der Waals surface area contributed by atoms with Gasteiger partial charge in [-0.2, -0.15) is 0 Å². The summed E-state index contributed by atoms with van der Waals surface area (Å²) in [5.41, 5.74) is 1.56. The van der Waals surface area contributed by atoms with Gasteiger partial charge in [-0.05, 0) is 27.9 Å². The summed E-state index contributed by atoms with van der Waals surface area (Å²) in [5, 5.41) is 0. The van der Waals surface area contributed by atoms with Gasteiger partial charge in [-0.15, -0.1) is 0 Å². The molecule has 0 fully saturated rings. The minimum Gasteiger partial charge on any atom is -0.342 e. The number of nitrogens with one attached hydrogen (secondary N) is 1. The summed E-state index contributed by atoms with van der Waals surface area (Å²) in [4.78, 5) is 7.53. The summed E-state index contributed by atoms with van der Waals surface area (Å²) < 4.78 is 13.7. The summed E-state index contributed by atoms with van der Waals surface area (Å²) in [6, 6.07) is 3.17. The van der Waals surface area contributed by atoms with Crippen molar-refractivity contribution in [3.8, 4) is 0 Å². The van der Waals surface area contributed by atoms with Crippen molar-refractivity contribution in [3.05, 3.63) is 28.2 Å². The molecule has 2 aromatic rings. The zero-order valence-electron chi connectivity index (χ0n) is 8.64. The molecule has 0 atom stereocenters. The van der Waals surface area contributed by atoms with Gasteiger partial charge >= 0.3 is 0 Å². The van der Waals surface area contributed by atoms with Crippen LogP contribution in [-0.4, -0.2) is 9.97 Å². The van der Waals surface area contributed by atoms with E-state index in [1.54, 1.807) is 6.07 Å². The minimum absolute atomic E-state index is 0.262. The summed E-state index contributed by atoms with van der Waals surface area (Å²) in [6.07, 6.45) is 0.883. The van der Waals surface area contributed by atoms with Gasteiger partial charge in [0.1, 0.15) is 11.6 Å². The molecule has 0 aliphatic heterocycles. The minimum atomic E-state index is -0.262. The highest BCUT2D eigenvalue weighted by Gasteiger charge is 2.08. The van der Waals surface area contributed by atoms with Crippen molar-refractivity contribution in [2.45, 2.75) is 20.3 Å². The molecule has 0 aliphatic rings. The fraction of sp³-hybridized carbons (Fsp3) is 0.364. The van der Waals surface area contributed by atoms with Gasteiger partial charge in [0.25, 0.3) is 0 Å². The van der Waals surface area contributed by atoms with Gasteiger partial charge in [-0.25, -0.2) is 9.37 Å². The van der Waals surface area contributed by atoms with Crippen molar-refractivity contribution in [1.29, 1.82) is 0 Å². The lowest BCUT2D eigenvalue weighted by molar-refractivity contribution is 0.622. The van der Waals surface area contributed by atoms with Gasteiger partial charge in [0, 0.05) is 12.5 Å². The summed E-state index contributed by atoms with van der Waals surface area (Å²) in [7, 11) is 0. The monoisotopic (exact) mass is 270 g/mol. The molecule has 1 aromatic heterocycles. The standard InChI is InChI=1S/C11H12BrFN2/c1-6(2)3-11-14-9-4-7(12)8(13)5-10(9)15-11/h4-6H,3H2,1-2H3,(H,14,15). The number of aromatic nitrogens is 2. The summed E-state index contributed by atoms with van der Waals surface area (Å²) in [6.45, 7) is 4.26. The number of imidazole rings is 1. The highest BCUT2D eigenvalue weighted by Crippen LogP contribution is 2.22. The maximum absolute atomic E-state index is 13.2. The number of benzene rings is 1. The Morgan fingerprint density at radius 2 is 2.20 bits per heavy atom. The second-order valence-corrected chi connectivity index (χ2v) is 4.92. The Hall–Kier alpha value is -0.900. The van der Waals surface area contributed by atoms with E-state index >= 15 is 0 Å². The molecule has 0 amide bonds. The predicted octanol–water partition coefficient (Wildman–Crippen LogP) is 3.66. The molecule has 0 spiro atoms. The molecule has 15 heavy (non-hydrogen) atoms. The summed E-state index contributed by atoms with van der Waals surface area (Å²) in [5.74, 6) is 1.19. The van der Waals surface area contributed by atoms with Crippen LogP contribution in [0.1, 0.15) is 19.7 Å². The van der Waals surface area contributed by atoms with Crippen LogP contribution >= 0.6 is 15.9 Å². The topological polar surface area (TPSA) is 28.7 Å². The van der Waals surface area contributed by atoms with E-state index in [0.29, 0.717) is 10.4 Å². The predicted molar refractivity (Wildman–Crippen MR) is 62.3 cm³/mol. The zero-order chi connectivity index (χ0) is 11.0. The fourth-order valence-corrected chi connectivity index (χ4v) is 1.87. The largest absolute Gasteiger partial charge is 0.342 e. The van der Waals surface area contributed by atoms with Crippen LogP contribution in [0.2, 0.25) is 0 Å². The van der Waals surface area contributed by atoms with E-state index in [1.807, 2.05) is 0 Å². The molecule has 4 heteroatoms. The van der Waals surface area contributed by atoms with Crippen LogP contribution in [0.3, 0.4) is 0 Å². The number of halogens is 2. The number of hydrogen-bond acceptors (Lipinski definition) is 1. The molecule has 2 nitrogen and oxygen atoms in total.